The number of aryl methyl sites for hydroxylation is 2. The van der Waals surface area contributed by atoms with Gasteiger partial charge in [-0.05, 0) is 68.2 Å². The Morgan fingerprint density at radius 1 is 0.679 bits per heavy atom. The van der Waals surface area contributed by atoms with Crippen LogP contribution in [-0.4, -0.2) is 5.66 Å². The van der Waals surface area contributed by atoms with E-state index < -0.39 is 0 Å². The summed E-state index contributed by atoms with van der Waals surface area (Å²) in [5.41, 5.74) is 6.46. The average Bonchev–Trinajstić information content (AvgIpc) is 3.30. The summed E-state index contributed by atoms with van der Waals surface area (Å²) in [5, 5.41) is 3.07. The van der Waals surface area contributed by atoms with Crippen molar-refractivity contribution < 1.29 is 0 Å². The quantitative estimate of drug-likeness (QED) is 0.469. The highest BCUT2D eigenvalue weighted by Gasteiger charge is 2.47. The first-order valence-electron chi connectivity index (χ1n) is 10.4. The van der Waals surface area contributed by atoms with Gasteiger partial charge in [-0.15, -0.1) is 0 Å². The predicted octanol–water partition coefficient (Wildman–Crippen LogP) is 6.23. The van der Waals surface area contributed by atoms with E-state index in [4.69, 9.17) is 0 Å². The van der Waals surface area contributed by atoms with Crippen molar-refractivity contribution in [1.82, 2.24) is 0 Å². The lowest BCUT2D eigenvalue weighted by molar-refractivity contribution is 0.706. The zero-order chi connectivity index (χ0) is 19.1. The summed E-state index contributed by atoms with van der Waals surface area (Å²) >= 11 is 0. The van der Waals surface area contributed by atoms with Gasteiger partial charge in [0.15, 0.2) is 0 Å². The third-order valence-corrected chi connectivity index (χ3v) is 9.53. The van der Waals surface area contributed by atoms with E-state index in [2.05, 4.69) is 98.8 Å². The van der Waals surface area contributed by atoms with Crippen molar-refractivity contribution in [2.24, 2.45) is 11.8 Å². The predicted molar refractivity (Wildman–Crippen MR) is 123 cm³/mol. The summed E-state index contributed by atoms with van der Waals surface area (Å²) in [6, 6.07) is 29.8. The van der Waals surface area contributed by atoms with Gasteiger partial charge in [0.25, 0.3) is 0 Å². The summed E-state index contributed by atoms with van der Waals surface area (Å²) in [6.45, 7) is 4.37. The largest absolute Gasteiger partial charge is 0.0766 e. The maximum absolute atomic E-state index is 2.62. The first-order chi connectivity index (χ1) is 13.7. The monoisotopic (exact) mass is 382 g/mol. The van der Waals surface area contributed by atoms with Gasteiger partial charge in [0.1, 0.15) is 0 Å². The van der Waals surface area contributed by atoms with Crippen LogP contribution in [-0.2, 0) is 0 Å². The second-order valence-electron chi connectivity index (χ2n) is 8.37. The molecule has 3 atom stereocenters. The molecule has 140 valence electrons. The van der Waals surface area contributed by atoms with E-state index >= 15 is 0 Å². The van der Waals surface area contributed by atoms with Crippen LogP contribution < -0.4 is 10.6 Å². The van der Waals surface area contributed by atoms with Gasteiger partial charge in [0, 0.05) is 5.66 Å². The zero-order valence-electron chi connectivity index (χ0n) is 16.7. The molecular formula is C27H27P. The Bertz CT molecular complexity index is 937. The van der Waals surface area contributed by atoms with Crippen molar-refractivity contribution in [3.05, 3.63) is 102 Å². The molecule has 0 aromatic heterocycles. The Morgan fingerprint density at radius 3 is 1.82 bits per heavy atom. The molecule has 1 heteroatoms. The zero-order valence-corrected chi connectivity index (χ0v) is 17.6. The molecular weight excluding hydrogens is 355 g/mol. The van der Waals surface area contributed by atoms with E-state index in [1.165, 1.54) is 40.1 Å². The maximum atomic E-state index is 2.62. The molecule has 0 nitrogen and oxygen atoms in total. The molecule has 3 aromatic carbocycles. The second-order valence-corrected chi connectivity index (χ2v) is 10.7. The summed E-state index contributed by atoms with van der Waals surface area (Å²) in [6.07, 6.45) is 5.31. The molecule has 5 rings (SSSR count). The molecule has 0 heterocycles. The molecule has 0 amide bonds. The second kappa shape index (κ2) is 7.34. The lowest BCUT2D eigenvalue weighted by Crippen LogP contribution is -2.26. The molecule has 0 spiro atoms. The summed E-state index contributed by atoms with van der Waals surface area (Å²) in [4.78, 5) is 0. The van der Waals surface area contributed by atoms with Gasteiger partial charge >= 0.3 is 0 Å². The van der Waals surface area contributed by atoms with E-state index in [0.717, 1.165) is 5.66 Å². The van der Waals surface area contributed by atoms with Gasteiger partial charge in [-0.2, -0.15) is 0 Å². The van der Waals surface area contributed by atoms with Crippen LogP contribution in [0.1, 0.15) is 29.5 Å². The molecule has 1 saturated carbocycles. The number of hydrogen-bond acceptors (Lipinski definition) is 0. The van der Waals surface area contributed by atoms with Gasteiger partial charge < -0.3 is 0 Å². The van der Waals surface area contributed by atoms with Crippen LogP contribution in [0.5, 0.6) is 0 Å². The van der Waals surface area contributed by atoms with Crippen LogP contribution in [0.2, 0.25) is 0 Å². The molecule has 1 fully saturated rings. The Morgan fingerprint density at radius 2 is 1.25 bits per heavy atom. The molecule has 3 aromatic rings. The average molecular weight is 382 g/mol. The topological polar surface area (TPSA) is 0 Å². The van der Waals surface area contributed by atoms with Gasteiger partial charge in [-0.25, -0.2) is 0 Å². The molecule has 2 bridgehead atoms. The van der Waals surface area contributed by atoms with E-state index in [1.807, 2.05) is 0 Å². The van der Waals surface area contributed by atoms with Crippen molar-refractivity contribution in [3.8, 4) is 0 Å². The Labute approximate surface area is 170 Å². The van der Waals surface area contributed by atoms with Gasteiger partial charge in [-0.1, -0.05) is 96.1 Å². The van der Waals surface area contributed by atoms with Crippen LogP contribution >= 0.6 is 7.92 Å². The van der Waals surface area contributed by atoms with Crippen LogP contribution in [0, 0.1) is 25.7 Å². The highest BCUT2D eigenvalue weighted by Crippen LogP contribution is 2.60. The highest BCUT2D eigenvalue weighted by atomic mass is 31.1. The third kappa shape index (κ3) is 3.15. The summed E-state index contributed by atoms with van der Waals surface area (Å²) < 4.78 is 0. The summed E-state index contributed by atoms with van der Waals surface area (Å²) in [5.74, 6) is 1.41. The fourth-order valence-corrected chi connectivity index (χ4v) is 8.32. The molecule has 0 radical (unpaired) electrons. The first-order valence-corrected chi connectivity index (χ1v) is 11.8. The van der Waals surface area contributed by atoms with Crippen molar-refractivity contribution >= 4 is 24.1 Å². The Balaban J connectivity index is 1.57. The van der Waals surface area contributed by atoms with E-state index in [9.17, 15) is 0 Å². The minimum absolute atomic E-state index is 0.362. The SMILES string of the molecule is Cc1ccc(P(c2ccc(C)cc2)C2C3C=C(c4ccccc4)C2CC3)cc1. The van der Waals surface area contributed by atoms with Crippen molar-refractivity contribution in [2.75, 3.05) is 0 Å². The minimum Gasteiger partial charge on any atom is -0.0766 e. The lowest BCUT2D eigenvalue weighted by atomic mass is 9.92. The first kappa shape index (κ1) is 17.9. The van der Waals surface area contributed by atoms with Crippen molar-refractivity contribution in [3.63, 3.8) is 0 Å². The Kier molecular flexibility index (Phi) is 4.69. The number of hydrogen-bond donors (Lipinski definition) is 0. The molecule has 3 unspecified atom stereocenters. The van der Waals surface area contributed by atoms with E-state index in [0.29, 0.717) is 11.8 Å². The van der Waals surface area contributed by atoms with Crippen LogP contribution in [0.3, 0.4) is 0 Å². The summed E-state index contributed by atoms with van der Waals surface area (Å²) in [7, 11) is -0.362. The number of rotatable bonds is 4. The van der Waals surface area contributed by atoms with Gasteiger partial charge in [0.2, 0.25) is 0 Å². The van der Waals surface area contributed by atoms with Gasteiger partial charge in [-0.3, -0.25) is 0 Å². The number of allylic oxidation sites excluding steroid dienone is 2. The van der Waals surface area contributed by atoms with Crippen LogP contribution in [0.15, 0.2) is 84.9 Å². The molecule has 2 aliphatic rings. The van der Waals surface area contributed by atoms with Gasteiger partial charge in [0.05, 0.1) is 0 Å². The fourth-order valence-electron chi connectivity index (χ4n) is 5.10. The highest BCUT2D eigenvalue weighted by molar-refractivity contribution is 7.73. The maximum Gasteiger partial charge on any atom is 0.000324 e. The lowest BCUT2D eigenvalue weighted by Gasteiger charge is -2.30. The molecule has 2 aliphatic carbocycles. The molecule has 0 N–H and O–H groups in total. The third-order valence-electron chi connectivity index (χ3n) is 6.48. The van der Waals surface area contributed by atoms with Crippen LogP contribution in [0.25, 0.3) is 5.57 Å². The molecule has 28 heavy (non-hydrogen) atoms. The normalized spacial score (nSPS) is 23.2. The smallest absolute Gasteiger partial charge is 0.000324 e. The van der Waals surface area contributed by atoms with E-state index in [-0.39, 0.29) is 7.92 Å². The Hall–Kier alpha value is -2.17. The van der Waals surface area contributed by atoms with E-state index in [1.54, 1.807) is 5.57 Å². The standard InChI is InChI=1S/C27H27P/c1-19-8-13-23(14-9-19)28(24-15-10-20(2)11-16-24)27-22-12-17-25(27)26(18-22)21-6-4-3-5-7-21/h3-11,13-16,18,22,25,27H,12,17H2,1-2H3. The minimum atomic E-state index is -0.362. The van der Waals surface area contributed by atoms with Crippen molar-refractivity contribution in [2.45, 2.75) is 32.3 Å². The van der Waals surface area contributed by atoms with Crippen molar-refractivity contribution in [1.29, 1.82) is 0 Å². The number of fused-ring (bicyclic) bond motifs is 2. The fraction of sp³-hybridized carbons (Fsp3) is 0.259. The number of benzene rings is 3. The molecule has 0 aliphatic heterocycles. The van der Waals surface area contributed by atoms with Crippen LogP contribution in [0.4, 0.5) is 0 Å². The molecule has 0 saturated heterocycles.